The summed E-state index contributed by atoms with van der Waals surface area (Å²) in [6.45, 7) is 6.79. The lowest BCUT2D eigenvalue weighted by Crippen LogP contribution is -2.59. The molecule has 2 nitrogen and oxygen atoms in total. The molecular formula is C20H26O2. The number of hydrogen-bond donors (Lipinski definition) is 0. The molecule has 5 rings (SSSR count). The fraction of sp³-hybridized carbons (Fsp3) is 0.700. The largest absolute Gasteiger partial charge is 0.349 e. The minimum atomic E-state index is 0.0417. The zero-order valence-electron chi connectivity index (χ0n) is 13.9. The molecule has 3 fully saturated rings. The SMILES string of the molecule is Cc1cc(C)c2c(c1)C[C@@]13CCCC[C@]14O[C@H](C3)O[C@@H](C)C24. The predicted octanol–water partition coefficient (Wildman–Crippen LogP) is 4.41. The fourth-order valence-electron chi connectivity index (χ4n) is 6.51. The van der Waals surface area contributed by atoms with Crippen LogP contribution in [0.1, 0.15) is 67.2 Å². The third-order valence-electron chi connectivity index (χ3n) is 7.05. The third kappa shape index (κ3) is 1.44. The summed E-state index contributed by atoms with van der Waals surface area (Å²) in [5, 5.41) is 0. The molecule has 2 bridgehead atoms. The van der Waals surface area contributed by atoms with Crippen LogP contribution in [0.5, 0.6) is 0 Å². The average Bonchev–Trinajstić information content (AvgIpc) is 2.74. The fourth-order valence-corrected chi connectivity index (χ4v) is 6.51. The average molecular weight is 298 g/mol. The Morgan fingerprint density at radius 2 is 1.95 bits per heavy atom. The van der Waals surface area contributed by atoms with Crippen LogP contribution in [-0.2, 0) is 15.9 Å². The van der Waals surface area contributed by atoms with Gasteiger partial charge in [-0.2, -0.15) is 0 Å². The Morgan fingerprint density at radius 3 is 2.82 bits per heavy atom. The highest BCUT2D eigenvalue weighted by molar-refractivity contribution is 5.48. The molecule has 0 aromatic heterocycles. The molecule has 2 heterocycles. The maximum Gasteiger partial charge on any atom is 0.159 e. The molecule has 0 amide bonds. The molecule has 0 radical (unpaired) electrons. The van der Waals surface area contributed by atoms with E-state index in [-0.39, 0.29) is 18.0 Å². The second-order valence-corrected chi connectivity index (χ2v) is 8.28. The highest BCUT2D eigenvalue weighted by Gasteiger charge is 2.69. The van der Waals surface area contributed by atoms with Gasteiger partial charge in [0.25, 0.3) is 0 Å². The van der Waals surface area contributed by atoms with Crippen LogP contribution in [-0.4, -0.2) is 18.0 Å². The first kappa shape index (κ1) is 13.6. The van der Waals surface area contributed by atoms with Crippen LogP contribution < -0.4 is 0 Å². The van der Waals surface area contributed by atoms with E-state index in [0.717, 1.165) is 6.42 Å². The Labute approximate surface area is 133 Å². The van der Waals surface area contributed by atoms with Crippen LogP contribution in [0, 0.1) is 19.3 Å². The lowest BCUT2D eigenvalue weighted by Gasteiger charge is -2.58. The number of aryl methyl sites for hydroxylation is 2. The van der Waals surface area contributed by atoms with Crippen LogP contribution in [0.2, 0.25) is 0 Å². The van der Waals surface area contributed by atoms with E-state index < -0.39 is 0 Å². The Kier molecular flexibility index (Phi) is 2.56. The molecule has 2 heteroatoms. The van der Waals surface area contributed by atoms with Gasteiger partial charge in [0, 0.05) is 17.8 Å². The Hall–Kier alpha value is -0.860. The van der Waals surface area contributed by atoms with E-state index in [1.807, 2.05) is 0 Å². The predicted molar refractivity (Wildman–Crippen MR) is 86.0 cm³/mol. The molecule has 4 aliphatic rings. The maximum atomic E-state index is 6.64. The summed E-state index contributed by atoms with van der Waals surface area (Å²) in [5.41, 5.74) is 6.37. The van der Waals surface area contributed by atoms with Crippen LogP contribution >= 0.6 is 0 Å². The monoisotopic (exact) mass is 298 g/mol. The minimum absolute atomic E-state index is 0.0417. The van der Waals surface area contributed by atoms with E-state index >= 15 is 0 Å². The number of ether oxygens (including phenoxy) is 2. The van der Waals surface area contributed by atoms with Gasteiger partial charge in [0.2, 0.25) is 0 Å². The van der Waals surface area contributed by atoms with Crippen LogP contribution in [0.25, 0.3) is 0 Å². The molecule has 118 valence electrons. The van der Waals surface area contributed by atoms with Gasteiger partial charge in [-0.15, -0.1) is 0 Å². The molecule has 2 aliphatic heterocycles. The van der Waals surface area contributed by atoms with Crippen molar-refractivity contribution in [3.8, 4) is 0 Å². The van der Waals surface area contributed by atoms with Crippen molar-refractivity contribution in [2.24, 2.45) is 5.41 Å². The topological polar surface area (TPSA) is 18.5 Å². The number of fused-ring (bicyclic) bond motifs is 3. The molecule has 2 saturated heterocycles. The first-order chi connectivity index (χ1) is 10.5. The molecule has 2 aliphatic carbocycles. The summed E-state index contributed by atoms with van der Waals surface area (Å²) in [6, 6.07) is 4.78. The van der Waals surface area contributed by atoms with Crippen molar-refractivity contribution in [3.63, 3.8) is 0 Å². The lowest BCUT2D eigenvalue weighted by molar-refractivity contribution is -0.272. The highest BCUT2D eigenvalue weighted by Crippen LogP contribution is 2.68. The molecular weight excluding hydrogens is 272 g/mol. The van der Waals surface area contributed by atoms with Crippen molar-refractivity contribution in [2.45, 2.75) is 83.2 Å². The molecule has 1 unspecified atom stereocenters. The van der Waals surface area contributed by atoms with Gasteiger partial charge in [-0.1, -0.05) is 30.5 Å². The second-order valence-electron chi connectivity index (χ2n) is 8.28. The lowest BCUT2D eigenvalue weighted by atomic mass is 9.50. The van der Waals surface area contributed by atoms with Crippen molar-refractivity contribution in [2.75, 3.05) is 0 Å². The van der Waals surface area contributed by atoms with E-state index in [1.165, 1.54) is 43.2 Å². The summed E-state index contributed by atoms with van der Waals surface area (Å²) >= 11 is 0. The molecule has 1 saturated carbocycles. The van der Waals surface area contributed by atoms with Crippen LogP contribution in [0.3, 0.4) is 0 Å². The Morgan fingerprint density at radius 1 is 1.14 bits per heavy atom. The summed E-state index contributed by atoms with van der Waals surface area (Å²) < 4.78 is 12.9. The van der Waals surface area contributed by atoms with Crippen molar-refractivity contribution >= 4 is 0 Å². The van der Waals surface area contributed by atoms with Gasteiger partial charge in [0.05, 0.1) is 11.7 Å². The van der Waals surface area contributed by atoms with Gasteiger partial charge in [0.15, 0.2) is 6.29 Å². The van der Waals surface area contributed by atoms with E-state index in [0.29, 0.717) is 11.3 Å². The quantitative estimate of drug-likeness (QED) is 0.706. The highest BCUT2D eigenvalue weighted by atomic mass is 16.7. The molecule has 1 spiro atoms. The van der Waals surface area contributed by atoms with Crippen molar-refractivity contribution in [1.82, 2.24) is 0 Å². The van der Waals surface area contributed by atoms with E-state index in [1.54, 1.807) is 11.1 Å². The van der Waals surface area contributed by atoms with E-state index in [9.17, 15) is 0 Å². The molecule has 22 heavy (non-hydrogen) atoms. The first-order valence-electron chi connectivity index (χ1n) is 8.98. The van der Waals surface area contributed by atoms with Gasteiger partial charge < -0.3 is 9.47 Å². The Bertz CT molecular complexity index is 651. The van der Waals surface area contributed by atoms with Gasteiger partial charge in [-0.25, -0.2) is 0 Å². The van der Waals surface area contributed by atoms with E-state index in [4.69, 9.17) is 9.47 Å². The maximum absolute atomic E-state index is 6.64. The number of benzene rings is 1. The van der Waals surface area contributed by atoms with Crippen molar-refractivity contribution in [1.29, 1.82) is 0 Å². The van der Waals surface area contributed by atoms with Crippen LogP contribution in [0.4, 0.5) is 0 Å². The summed E-state index contributed by atoms with van der Waals surface area (Å²) in [5.74, 6) is 0.427. The van der Waals surface area contributed by atoms with Gasteiger partial charge in [-0.05, 0) is 56.7 Å². The van der Waals surface area contributed by atoms with Gasteiger partial charge >= 0.3 is 0 Å². The third-order valence-corrected chi connectivity index (χ3v) is 7.05. The number of rotatable bonds is 0. The molecule has 5 atom stereocenters. The zero-order chi connectivity index (χ0) is 15.1. The first-order valence-corrected chi connectivity index (χ1v) is 8.98. The number of hydrogen-bond acceptors (Lipinski definition) is 2. The molecule has 1 aromatic rings. The summed E-state index contributed by atoms with van der Waals surface area (Å²) in [7, 11) is 0. The second kappa shape index (κ2) is 4.15. The van der Waals surface area contributed by atoms with Gasteiger partial charge in [0.1, 0.15) is 0 Å². The summed E-state index contributed by atoms with van der Waals surface area (Å²) in [4.78, 5) is 0. The zero-order valence-corrected chi connectivity index (χ0v) is 13.9. The molecule has 1 aromatic carbocycles. The van der Waals surface area contributed by atoms with Crippen molar-refractivity contribution in [3.05, 3.63) is 34.4 Å². The van der Waals surface area contributed by atoms with E-state index in [2.05, 4.69) is 32.9 Å². The standard InChI is InChI=1S/C20H26O2/c1-12-8-13(2)17-15(9-12)10-19-6-4-5-7-20(19)18(17)14(3)21-16(11-19)22-20/h8-9,14,16,18H,4-7,10-11H2,1-3H3/t14-,16+,18?,19+,20+/m0/s1. The Balaban J connectivity index is 1.80. The minimum Gasteiger partial charge on any atom is -0.349 e. The summed E-state index contributed by atoms with van der Waals surface area (Å²) in [6.07, 6.45) is 7.86. The van der Waals surface area contributed by atoms with Crippen LogP contribution in [0.15, 0.2) is 12.1 Å². The van der Waals surface area contributed by atoms with Gasteiger partial charge in [-0.3, -0.25) is 0 Å². The normalized spacial score (nSPS) is 45.3. The molecule has 0 N–H and O–H groups in total. The van der Waals surface area contributed by atoms with Crippen molar-refractivity contribution < 1.29 is 9.47 Å². The smallest absolute Gasteiger partial charge is 0.159 e.